The molecular formula is C34H20N2O2. The van der Waals surface area contributed by atoms with Gasteiger partial charge in [0.2, 0.25) is 5.71 Å². The van der Waals surface area contributed by atoms with Crippen molar-refractivity contribution in [2.45, 2.75) is 0 Å². The Kier molecular flexibility index (Phi) is 4.49. The van der Waals surface area contributed by atoms with E-state index >= 15 is 0 Å². The van der Waals surface area contributed by atoms with Crippen molar-refractivity contribution in [3.05, 3.63) is 122 Å². The molecule has 0 atom stereocenters. The van der Waals surface area contributed by atoms with E-state index in [1.54, 1.807) is 12.4 Å². The fraction of sp³-hybridized carbons (Fsp3) is 0. The SMILES string of the molecule is c1cc(-c2cccc(-c3cccc4c3oc3ccccc34)c2)cc(-c2ccc3oc4nccnc4c3c2)c1. The second-order valence-electron chi connectivity index (χ2n) is 9.47. The van der Waals surface area contributed by atoms with Crippen LogP contribution in [0.15, 0.2) is 130 Å². The average Bonchev–Trinajstić information content (AvgIpc) is 3.55. The molecule has 178 valence electrons. The number of aromatic nitrogens is 2. The van der Waals surface area contributed by atoms with E-state index in [9.17, 15) is 0 Å². The summed E-state index contributed by atoms with van der Waals surface area (Å²) >= 11 is 0. The first-order valence-corrected chi connectivity index (χ1v) is 12.6. The molecule has 0 fully saturated rings. The van der Waals surface area contributed by atoms with E-state index < -0.39 is 0 Å². The maximum Gasteiger partial charge on any atom is 0.246 e. The van der Waals surface area contributed by atoms with Gasteiger partial charge in [-0.15, -0.1) is 0 Å². The summed E-state index contributed by atoms with van der Waals surface area (Å²) in [4.78, 5) is 8.78. The van der Waals surface area contributed by atoms with Crippen molar-refractivity contribution < 1.29 is 8.83 Å². The first-order valence-electron chi connectivity index (χ1n) is 12.6. The van der Waals surface area contributed by atoms with Crippen LogP contribution in [-0.2, 0) is 0 Å². The van der Waals surface area contributed by atoms with Crippen LogP contribution >= 0.6 is 0 Å². The monoisotopic (exact) mass is 488 g/mol. The first kappa shape index (κ1) is 20.9. The van der Waals surface area contributed by atoms with E-state index in [4.69, 9.17) is 8.83 Å². The summed E-state index contributed by atoms with van der Waals surface area (Å²) in [6, 6.07) is 38.1. The molecule has 3 heterocycles. The van der Waals surface area contributed by atoms with Crippen molar-refractivity contribution in [1.82, 2.24) is 9.97 Å². The highest BCUT2D eigenvalue weighted by Gasteiger charge is 2.13. The van der Waals surface area contributed by atoms with Crippen LogP contribution in [0.3, 0.4) is 0 Å². The minimum Gasteiger partial charge on any atom is -0.455 e. The Balaban J connectivity index is 1.22. The van der Waals surface area contributed by atoms with Crippen molar-refractivity contribution in [3.63, 3.8) is 0 Å². The van der Waals surface area contributed by atoms with Gasteiger partial charge in [-0.05, 0) is 58.1 Å². The van der Waals surface area contributed by atoms with Crippen LogP contribution in [0.5, 0.6) is 0 Å². The van der Waals surface area contributed by atoms with Gasteiger partial charge in [-0.25, -0.2) is 9.97 Å². The standard InChI is InChI=1S/C34H20N2O2/c1-2-13-30-27(10-1)28-12-5-11-26(33(28)37-30)25-9-4-8-23(19-25)21-6-3-7-22(18-21)24-14-15-31-29(20-24)32-34(38-31)36-17-16-35-32/h1-20H. The maximum absolute atomic E-state index is 6.30. The number of benzene rings is 5. The molecule has 4 heteroatoms. The first-order chi connectivity index (χ1) is 18.8. The van der Waals surface area contributed by atoms with Crippen LogP contribution in [0.2, 0.25) is 0 Å². The van der Waals surface area contributed by atoms with Gasteiger partial charge >= 0.3 is 0 Å². The van der Waals surface area contributed by atoms with Gasteiger partial charge in [0.25, 0.3) is 0 Å². The van der Waals surface area contributed by atoms with Crippen LogP contribution in [0, 0.1) is 0 Å². The number of para-hydroxylation sites is 2. The molecule has 0 unspecified atom stereocenters. The molecule has 0 aliphatic heterocycles. The number of hydrogen-bond acceptors (Lipinski definition) is 4. The predicted octanol–water partition coefficient (Wildman–Crippen LogP) is 9.28. The molecular weight excluding hydrogens is 468 g/mol. The number of fused-ring (bicyclic) bond motifs is 6. The van der Waals surface area contributed by atoms with Crippen molar-refractivity contribution >= 4 is 44.1 Å². The van der Waals surface area contributed by atoms with E-state index in [-0.39, 0.29) is 0 Å². The molecule has 0 N–H and O–H groups in total. The van der Waals surface area contributed by atoms with Crippen molar-refractivity contribution in [1.29, 1.82) is 0 Å². The molecule has 0 saturated carbocycles. The van der Waals surface area contributed by atoms with Crippen molar-refractivity contribution in [2.75, 3.05) is 0 Å². The lowest BCUT2D eigenvalue weighted by Gasteiger charge is -2.09. The molecule has 5 aromatic carbocycles. The van der Waals surface area contributed by atoms with E-state index in [0.717, 1.165) is 71.8 Å². The zero-order valence-corrected chi connectivity index (χ0v) is 20.3. The largest absolute Gasteiger partial charge is 0.455 e. The normalized spacial score (nSPS) is 11.7. The topological polar surface area (TPSA) is 52.1 Å². The Labute approximate surface area is 217 Å². The Bertz CT molecular complexity index is 2150. The average molecular weight is 489 g/mol. The quantitative estimate of drug-likeness (QED) is 0.249. The summed E-state index contributed by atoms with van der Waals surface area (Å²) in [5.74, 6) is 0. The van der Waals surface area contributed by atoms with Gasteiger partial charge in [0.05, 0.1) is 0 Å². The second-order valence-corrected chi connectivity index (χ2v) is 9.47. The lowest BCUT2D eigenvalue weighted by Crippen LogP contribution is -1.84. The zero-order chi connectivity index (χ0) is 25.1. The molecule has 0 spiro atoms. The van der Waals surface area contributed by atoms with Gasteiger partial charge in [-0.3, -0.25) is 0 Å². The molecule has 0 aliphatic rings. The van der Waals surface area contributed by atoms with Gasteiger partial charge in [-0.2, -0.15) is 0 Å². The third kappa shape index (κ3) is 3.24. The lowest BCUT2D eigenvalue weighted by atomic mass is 9.95. The van der Waals surface area contributed by atoms with Crippen molar-refractivity contribution in [3.8, 4) is 33.4 Å². The van der Waals surface area contributed by atoms with Crippen LogP contribution in [0.1, 0.15) is 0 Å². The van der Waals surface area contributed by atoms with Crippen LogP contribution < -0.4 is 0 Å². The van der Waals surface area contributed by atoms with E-state index in [2.05, 4.69) is 101 Å². The molecule has 0 bridgehead atoms. The third-order valence-corrected chi connectivity index (χ3v) is 7.21. The van der Waals surface area contributed by atoms with E-state index in [0.29, 0.717) is 5.71 Å². The van der Waals surface area contributed by atoms with Crippen LogP contribution in [0.4, 0.5) is 0 Å². The summed E-state index contributed by atoms with van der Waals surface area (Å²) in [6.07, 6.45) is 3.35. The minimum absolute atomic E-state index is 0.560. The highest BCUT2D eigenvalue weighted by molar-refractivity contribution is 6.09. The minimum atomic E-state index is 0.560. The summed E-state index contributed by atoms with van der Waals surface area (Å²) in [6.45, 7) is 0. The number of hydrogen-bond donors (Lipinski definition) is 0. The zero-order valence-electron chi connectivity index (χ0n) is 20.3. The highest BCUT2D eigenvalue weighted by Crippen LogP contribution is 2.37. The Hall–Kier alpha value is -5.22. The molecule has 8 rings (SSSR count). The van der Waals surface area contributed by atoms with Crippen molar-refractivity contribution in [2.24, 2.45) is 0 Å². The van der Waals surface area contributed by atoms with Crippen LogP contribution in [0.25, 0.3) is 77.5 Å². The van der Waals surface area contributed by atoms with Gasteiger partial charge in [0.1, 0.15) is 22.3 Å². The number of furan rings is 2. The molecule has 0 amide bonds. The maximum atomic E-state index is 6.30. The van der Waals surface area contributed by atoms with Gasteiger partial charge in [0, 0.05) is 34.1 Å². The molecule has 0 aliphatic carbocycles. The van der Waals surface area contributed by atoms with E-state index in [1.165, 1.54) is 0 Å². The summed E-state index contributed by atoms with van der Waals surface area (Å²) in [5, 5.41) is 3.25. The number of nitrogens with zero attached hydrogens (tertiary/aromatic N) is 2. The highest BCUT2D eigenvalue weighted by atomic mass is 16.3. The van der Waals surface area contributed by atoms with Gasteiger partial charge < -0.3 is 8.83 Å². The fourth-order valence-electron chi connectivity index (χ4n) is 5.39. The molecule has 4 nitrogen and oxygen atoms in total. The summed E-state index contributed by atoms with van der Waals surface area (Å²) < 4.78 is 12.2. The van der Waals surface area contributed by atoms with E-state index in [1.807, 2.05) is 18.2 Å². The van der Waals surface area contributed by atoms with Gasteiger partial charge in [-0.1, -0.05) is 78.9 Å². The molecule has 8 aromatic rings. The van der Waals surface area contributed by atoms with Gasteiger partial charge in [0.15, 0.2) is 0 Å². The third-order valence-electron chi connectivity index (χ3n) is 7.21. The van der Waals surface area contributed by atoms with Crippen LogP contribution in [-0.4, -0.2) is 9.97 Å². The molecule has 0 saturated heterocycles. The Morgan fingerprint density at radius 1 is 0.447 bits per heavy atom. The lowest BCUT2D eigenvalue weighted by molar-refractivity contribution is 0.653. The predicted molar refractivity (Wildman–Crippen MR) is 153 cm³/mol. The number of rotatable bonds is 3. The summed E-state index contributed by atoms with van der Waals surface area (Å²) in [7, 11) is 0. The Morgan fingerprint density at radius 3 is 1.97 bits per heavy atom. The molecule has 3 aromatic heterocycles. The fourth-order valence-corrected chi connectivity index (χ4v) is 5.39. The Morgan fingerprint density at radius 2 is 1.11 bits per heavy atom. The summed E-state index contributed by atoms with van der Waals surface area (Å²) in [5.41, 5.74) is 10.7. The second kappa shape index (κ2) is 8.15. The molecule has 0 radical (unpaired) electrons. The molecule has 38 heavy (non-hydrogen) atoms. The smallest absolute Gasteiger partial charge is 0.246 e.